The first-order valence-corrected chi connectivity index (χ1v) is 12.8. The van der Waals surface area contributed by atoms with Crippen LogP contribution in [0.1, 0.15) is 28.2 Å². The van der Waals surface area contributed by atoms with E-state index in [-0.39, 0.29) is 17.9 Å². The lowest BCUT2D eigenvalue weighted by Gasteiger charge is -2.27. The van der Waals surface area contributed by atoms with Gasteiger partial charge < -0.3 is 19.9 Å². The standard InChI is InChI=1S/C31H22Cl2N2O4/c32-22-10-8-19(9-11-22)14-29(36)38-24-12-13-25-28(16-24)39-31(35)26(17-34)30(25)20-5-3-6-23(15-20)37-18-21-4-1-2-7-27(21)33/h1-13,15-16,30H,14,18,35H2. The molecule has 6 nitrogen and oxygen atoms in total. The van der Waals surface area contributed by atoms with Crippen LogP contribution in [0.4, 0.5) is 0 Å². The Morgan fingerprint density at radius 1 is 0.949 bits per heavy atom. The van der Waals surface area contributed by atoms with Crippen molar-refractivity contribution in [1.29, 1.82) is 5.26 Å². The number of hydrogen-bond donors (Lipinski definition) is 1. The summed E-state index contributed by atoms with van der Waals surface area (Å²) in [6.07, 6.45) is 0.0827. The zero-order valence-electron chi connectivity index (χ0n) is 20.6. The monoisotopic (exact) mass is 556 g/mol. The van der Waals surface area contributed by atoms with Crippen LogP contribution in [0.2, 0.25) is 10.0 Å². The molecule has 8 heteroatoms. The molecule has 4 aromatic carbocycles. The fourth-order valence-corrected chi connectivity index (χ4v) is 4.66. The number of benzene rings is 4. The van der Waals surface area contributed by atoms with Gasteiger partial charge in [-0.1, -0.05) is 71.7 Å². The average Bonchev–Trinajstić information content (AvgIpc) is 2.93. The molecule has 0 fully saturated rings. The van der Waals surface area contributed by atoms with Crippen LogP contribution in [0.25, 0.3) is 0 Å². The molecular weight excluding hydrogens is 535 g/mol. The number of nitrogens with zero attached hydrogens (tertiary/aromatic N) is 1. The SMILES string of the molecule is N#CC1=C(N)Oc2cc(OC(=O)Cc3ccc(Cl)cc3)ccc2C1c1cccc(OCc2ccccc2Cl)c1. The molecule has 39 heavy (non-hydrogen) atoms. The van der Waals surface area contributed by atoms with Crippen molar-refractivity contribution < 1.29 is 19.0 Å². The third kappa shape index (κ3) is 6.01. The van der Waals surface area contributed by atoms with Gasteiger partial charge in [-0.3, -0.25) is 4.79 Å². The van der Waals surface area contributed by atoms with Crippen LogP contribution in [0, 0.1) is 11.3 Å². The molecule has 1 unspecified atom stereocenters. The van der Waals surface area contributed by atoms with Gasteiger partial charge in [-0.15, -0.1) is 0 Å². The van der Waals surface area contributed by atoms with E-state index in [0.717, 1.165) is 16.7 Å². The van der Waals surface area contributed by atoms with E-state index in [1.807, 2.05) is 48.5 Å². The Hall–Kier alpha value is -4.44. The number of nitrogens with two attached hydrogens (primary N) is 1. The van der Waals surface area contributed by atoms with Crippen molar-refractivity contribution in [3.8, 4) is 23.3 Å². The van der Waals surface area contributed by atoms with Gasteiger partial charge in [-0.25, -0.2) is 0 Å². The normalized spacial score (nSPS) is 14.1. The Morgan fingerprint density at radius 3 is 2.51 bits per heavy atom. The maximum absolute atomic E-state index is 12.5. The molecule has 1 heterocycles. The molecule has 2 N–H and O–H groups in total. The summed E-state index contributed by atoms with van der Waals surface area (Å²) in [6, 6.07) is 29.1. The third-order valence-electron chi connectivity index (χ3n) is 6.23. The summed E-state index contributed by atoms with van der Waals surface area (Å²) in [5, 5.41) is 11.1. The number of fused-ring (bicyclic) bond motifs is 1. The molecule has 0 saturated carbocycles. The number of hydrogen-bond acceptors (Lipinski definition) is 6. The van der Waals surface area contributed by atoms with Gasteiger partial charge in [0, 0.05) is 27.2 Å². The molecule has 1 atom stereocenters. The molecule has 0 aliphatic carbocycles. The summed E-state index contributed by atoms with van der Waals surface area (Å²) >= 11 is 12.2. The van der Waals surface area contributed by atoms with Crippen molar-refractivity contribution in [3.05, 3.63) is 135 Å². The number of esters is 1. The summed E-state index contributed by atoms with van der Waals surface area (Å²) in [7, 11) is 0. The van der Waals surface area contributed by atoms with E-state index in [4.69, 9.17) is 43.1 Å². The topological polar surface area (TPSA) is 94.6 Å². The minimum absolute atomic E-state index is 0.0120. The number of allylic oxidation sites excluding steroid dienone is 1. The van der Waals surface area contributed by atoms with Crippen LogP contribution in [0.5, 0.6) is 17.2 Å². The fourth-order valence-electron chi connectivity index (χ4n) is 4.34. The van der Waals surface area contributed by atoms with E-state index >= 15 is 0 Å². The second kappa shape index (κ2) is 11.5. The predicted molar refractivity (Wildman–Crippen MR) is 149 cm³/mol. The highest BCUT2D eigenvalue weighted by Crippen LogP contribution is 2.44. The molecule has 0 spiro atoms. The van der Waals surface area contributed by atoms with Crippen LogP contribution in [0.3, 0.4) is 0 Å². The number of nitriles is 1. The van der Waals surface area contributed by atoms with Crippen LogP contribution in [-0.4, -0.2) is 5.97 Å². The minimum atomic E-state index is -0.499. The zero-order valence-corrected chi connectivity index (χ0v) is 22.1. The molecule has 0 radical (unpaired) electrons. The van der Waals surface area contributed by atoms with Crippen molar-refractivity contribution in [3.63, 3.8) is 0 Å². The quantitative estimate of drug-likeness (QED) is 0.196. The van der Waals surface area contributed by atoms with Gasteiger partial charge in [-0.05, 0) is 47.5 Å². The van der Waals surface area contributed by atoms with Crippen LogP contribution >= 0.6 is 23.2 Å². The molecule has 4 aromatic rings. The van der Waals surface area contributed by atoms with Gasteiger partial charge in [0.1, 0.15) is 35.5 Å². The summed E-state index contributed by atoms with van der Waals surface area (Å²) in [6.45, 7) is 0.293. The van der Waals surface area contributed by atoms with Gasteiger partial charge >= 0.3 is 5.97 Å². The van der Waals surface area contributed by atoms with Gasteiger partial charge in [0.15, 0.2) is 0 Å². The predicted octanol–water partition coefficient (Wildman–Crippen LogP) is 6.94. The Balaban J connectivity index is 1.38. The van der Waals surface area contributed by atoms with Gasteiger partial charge in [0.05, 0.1) is 12.3 Å². The summed E-state index contributed by atoms with van der Waals surface area (Å²) in [5.74, 6) is 0.369. The maximum Gasteiger partial charge on any atom is 0.315 e. The highest BCUT2D eigenvalue weighted by molar-refractivity contribution is 6.31. The largest absolute Gasteiger partial charge is 0.489 e. The van der Waals surface area contributed by atoms with E-state index in [1.165, 1.54) is 0 Å². The number of carbonyl (C=O) groups is 1. The lowest BCUT2D eigenvalue weighted by Crippen LogP contribution is -2.21. The van der Waals surface area contributed by atoms with Gasteiger partial charge in [0.2, 0.25) is 5.88 Å². The Labute approximate surface area is 235 Å². The van der Waals surface area contributed by atoms with E-state index in [0.29, 0.717) is 39.5 Å². The van der Waals surface area contributed by atoms with Crippen molar-refractivity contribution in [1.82, 2.24) is 0 Å². The van der Waals surface area contributed by atoms with E-state index in [9.17, 15) is 10.1 Å². The highest BCUT2D eigenvalue weighted by atomic mass is 35.5. The number of halogens is 2. The molecule has 0 bridgehead atoms. The van der Waals surface area contributed by atoms with Crippen LogP contribution in [-0.2, 0) is 17.8 Å². The second-order valence-corrected chi connectivity index (χ2v) is 9.70. The Bertz CT molecular complexity index is 1610. The van der Waals surface area contributed by atoms with Crippen molar-refractivity contribution in [2.75, 3.05) is 0 Å². The average molecular weight is 557 g/mol. The Morgan fingerprint density at radius 2 is 1.74 bits per heavy atom. The lowest BCUT2D eigenvalue weighted by atomic mass is 9.83. The molecule has 194 valence electrons. The number of carbonyl (C=O) groups excluding carboxylic acids is 1. The second-order valence-electron chi connectivity index (χ2n) is 8.85. The first-order chi connectivity index (χ1) is 18.9. The number of rotatable bonds is 7. The van der Waals surface area contributed by atoms with Crippen LogP contribution in [0.15, 0.2) is 102 Å². The molecular formula is C31H22Cl2N2O4. The minimum Gasteiger partial charge on any atom is -0.489 e. The zero-order chi connectivity index (χ0) is 27.4. The summed E-state index contributed by atoms with van der Waals surface area (Å²) < 4.78 is 17.3. The molecule has 0 saturated heterocycles. The van der Waals surface area contributed by atoms with E-state index in [1.54, 1.807) is 42.5 Å². The summed E-state index contributed by atoms with van der Waals surface area (Å²) in [5.41, 5.74) is 9.58. The van der Waals surface area contributed by atoms with E-state index in [2.05, 4.69) is 6.07 Å². The van der Waals surface area contributed by atoms with Crippen molar-refractivity contribution >= 4 is 29.2 Å². The number of ether oxygens (including phenoxy) is 3. The Kier molecular flexibility index (Phi) is 7.74. The third-order valence-corrected chi connectivity index (χ3v) is 6.85. The molecule has 1 aliphatic heterocycles. The highest BCUT2D eigenvalue weighted by Gasteiger charge is 2.31. The van der Waals surface area contributed by atoms with E-state index < -0.39 is 11.9 Å². The van der Waals surface area contributed by atoms with Gasteiger partial charge in [0.25, 0.3) is 0 Å². The summed E-state index contributed by atoms with van der Waals surface area (Å²) in [4.78, 5) is 12.5. The molecule has 0 aromatic heterocycles. The molecule has 1 aliphatic rings. The molecule has 0 amide bonds. The maximum atomic E-state index is 12.5. The first-order valence-electron chi connectivity index (χ1n) is 12.0. The van der Waals surface area contributed by atoms with Crippen LogP contribution < -0.4 is 19.9 Å². The fraction of sp³-hybridized carbons (Fsp3) is 0.0968. The smallest absolute Gasteiger partial charge is 0.315 e. The van der Waals surface area contributed by atoms with Gasteiger partial charge in [-0.2, -0.15) is 5.26 Å². The first kappa shape index (κ1) is 26.2. The van der Waals surface area contributed by atoms with Crippen molar-refractivity contribution in [2.24, 2.45) is 5.73 Å². The lowest BCUT2D eigenvalue weighted by molar-refractivity contribution is -0.133. The molecule has 5 rings (SSSR count). The van der Waals surface area contributed by atoms with Crippen molar-refractivity contribution in [2.45, 2.75) is 18.9 Å².